The fourth-order valence-electron chi connectivity index (χ4n) is 2.45. The standard InChI is InChI=1S/C16H23NO3/c1-12(11-18)17-16(19)6-3-9-20-15-8-7-13-4-2-5-14(13)10-15/h7-8,10,12,18H,2-6,9,11H2,1H3,(H,17,19). The molecule has 0 aliphatic heterocycles. The van der Waals surface area contributed by atoms with E-state index < -0.39 is 0 Å². The summed E-state index contributed by atoms with van der Waals surface area (Å²) >= 11 is 0. The van der Waals surface area contributed by atoms with Gasteiger partial charge in [0.15, 0.2) is 0 Å². The van der Waals surface area contributed by atoms with Crippen molar-refractivity contribution in [3.63, 3.8) is 0 Å². The van der Waals surface area contributed by atoms with Crippen LogP contribution in [-0.2, 0) is 17.6 Å². The average Bonchev–Trinajstić information content (AvgIpc) is 2.91. The maximum absolute atomic E-state index is 11.5. The first-order valence-electron chi connectivity index (χ1n) is 7.34. The van der Waals surface area contributed by atoms with Gasteiger partial charge in [0.05, 0.1) is 13.2 Å². The summed E-state index contributed by atoms with van der Waals surface area (Å²) in [5.41, 5.74) is 2.84. The molecule has 4 nitrogen and oxygen atoms in total. The van der Waals surface area contributed by atoms with Crippen LogP contribution in [0.25, 0.3) is 0 Å². The van der Waals surface area contributed by atoms with Gasteiger partial charge in [-0.15, -0.1) is 0 Å². The van der Waals surface area contributed by atoms with E-state index in [0.717, 1.165) is 12.2 Å². The van der Waals surface area contributed by atoms with Gasteiger partial charge in [0.2, 0.25) is 5.91 Å². The quantitative estimate of drug-likeness (QED) is 0.748. The topological polar surface area (TPSA) is 58.6 Å². The van der Waals surface area contributed by atoms with E-state index in [-0.39, 0.29) is 18.6 Å². The smallest absolute Gasteiger partial charge is 0.220 e. The van der Waals surface area contributed by atoms with Crippen molar-refractivity contribution in [1.82, 2.24) is 5.32 Å². The third kappa shape index (κ3) is 4.23. The maximum Gasteiger partial charge on any atom is 0.220 e. The minimum absolute atomic E-state index is 0.0304. The number of benzene rings is 1. The molecule has 1 atom stereocenters. The molecular weight excluding hydrogens is 254 g/mol. The Balaban J connectivity index is 1.67. The number of carbonyl (C=O) groups is 1. The fraction of sp³-hybridized carbons (Fsp3) is 0.562. The van der Waals surface area contributed by atoms with Gasteiger partial charge in [0.1, 0.15) is 5.75 Å². The number of fused-ring (bicyclic) bond motifs is 1. The Kier molecular flexibility index (Phi) is 5.41. The number of aliphatic hydroxyl groups excluding tert-OH is 1. The van der Waals surface area contributed by atoms with Crippen molar-refractivity contribution >= 4 is 5.91 Å². The highest BCUT2D eigenvalue weighted by molar-refractivity contribution is 5.76. The molecule has 1 aliphatic carbocycles. The molecule has 2 N–H and O–H groups in total. The Hall–Kier alpha value is -1.55. The zero-order valence-corrected chi connectivity index (χ0v) is 12.0. The number of hydrogen-bond donors (Lipinski definition) is 2. The van der Waals surface area contributed by atoms with Crippen molar-refractivity contribution in [3.8, 4) is 5.75 Å². The molecule has 1 amide bonds. The number of carbonyl (C=O) groups excluding carboxylic acids is 1. The summed E-state index contributed by atoms with van der Waals surface area (Å²) in [4.78, 5) is 11.5. The van der Waals surface area contributed by atoms with Crippen molar-refractivity contribution in [2.45, 2.75) is 45.1 Å². The van der Waals surface area contributed by atoms with Gasteiger partial charge in [-0.2, -0.15) is 0 Å². The highest BCUT2D eigenvalue weighted by atomic mass is 16.5. The van der Waals surface area contributed by atoms with Crippen LogP contribution in [0.15, 0.2) is 18.2 Å². The molecule has 0 spiro atoms. The second kappa shape index (κ2) is 7.29. The van der Waals surface area contributed by atoms with Gasteiger partial charge in [0.25, 0.3) is 0 Å². The lowest BCUT2D eigenvalue weighted by atomic mass is 10.1. The molecule has 1 aliphatic rings. The molecule has 0 aromatic heterocycles. The van der Waals surface area contributed by atoms with Crippen molar-refractivity contribution in [3.05, 3.63) is 29.3 Å². The van der Waals surface area contributed by atoms with Gasteiger partial charge >= 0.3 is 0 Å². The van der Waals surface area contributed by atoms with E-state index in [1.807, 2.05) is 6.07 Å². The van der Waals surface area contributed by atoms with Crippen LogP contribution in [-0.4, -0.2) is 30.3 Å². The van der Waals surface area contributed by atoms with Crippen LogP contribution in [0.4, 0.5) is 0 Å². The molecule has 2 rings (SSSR count). The number of aryl methyl sites for hydroxylation is 2. The average molecular weight is 277 g/mol. The fourth-order valence-corrected chi connectivity index (χ4v) is 2.45. The lowest BCUT2D eigenvalue weighted by Gasteiger charge is -2.11. The van der Waals surface area contributed by atoms with Gasteiger partial charge < -0.3 is 15.2 Å². The number of amides is 1. The molecule has 0 saturated heterocycles. The highest BCUT2D eigenvalue weighted by Crippen LogP contribution is 2.26. The first-order chi connectivity index (χ1) is 9.69. The molecule has 4 heteroatoms. The van der Waals surface area contributed by atoms with E-state index >= 15 is 0 Å². The van der Waals surface area contributed by atoms with Crippen molar-refractivity contribution in [2.75, 3.05) is 13.2 Å². The minimum atomic E-state index is -0.180. The molecule has 0 heterocycles. The second-order valence-electron chi connectivity index (χ2n) is 5.39. The Bertz CT molecular complexity index is 459. The van der Waals surface area contributed by atoms with Gasteiger partial charge in [0, 0.05) is 12.5 Å². The van der Waals surface area contributed by atoms with Gasteiger partial charge in [-0.05, 0) is 55.9 Å². The third-order valence-corrected chi connectivity index (χ3v) is 3.57. The lowest BCUT2D eigenvalue weighted by molar-refractivity contribution is -0.122. The van der Waals surface area contributed by atoms with Crippen LogP contribution < -0.4 is 10.1 Å². The van der Waals surface area contributed by atoms with Gasteiger partial charge in [-0.1, -0.05) is 6.07 Å². The first-order valence-corrected chi connectivity index (χ1v) is 7.34. The molecular formula is C16H23NO3. The van der Waals surface area contributed by atoms with Crippen LogP contribution >= 0.6 is 0 Å². The Morgan fingerprint density at radius 1 is 1.40 bits per heavy atom. The van der Waals surface area contributed by atoms with E-state index in [4.69, 9.17) is 9.84 Å². The van der Waals surface area contributed by atoms with Crippen LogP contribution in [0, 0.1) is 0 Å². The summed E-state index contributed by atoms with van der Waals surface area (Å²) in [7, 11) is 0. The van der Waals surface area contributed by atoms with Gasteiger partial charge in [-0.3, -0.25) is 4.79 Å². The van der Waals surface area contributed by atoms with Gasteiger partial charge in [-0.25, -0.2) is 0 Å². The van der Waals surface area contributed by atoms with Crippen LogP contribution in [0.2, 0.25) is 0 Å². The number of hydrogen-bond acceptors (Lipinski definition) is 3. The molecule has 0 fully saturated rings. The Labute approximate surface area is 120 Å². The Morgan fingerprint density at radius 3 is 3.00 bits per heavy atom. The monoisotopic (exact) mass is 277 g/mol. The van der Waals surface area contributed by atoms with E-state index in [2.05, 4.69) is 17.4 Å². The Morgan fingerprint density at radius 2 is 2.20 bits per heavy atom. The van der Waals surface area contributed by atoms with Crippen molar-refractivity contribution in [1.29, 1.82) is 0 Å². The van der Waals surface area contributed by atoms with Crippen LogP contribution in [0.1, 0.15) is 37.3 Å². The summed E-state index contributed by atoms with van der Waals surface area (Å²) in [6.45, 7) is 2.29. The molecule has 0 bridgehead atoms. The summed E-state index contributed by atoms with van der Waals surface area (Å²) in [6, 6.07) is 6.10. The zero-order chi connectivity index (χ0) is 14.4. The number of rotatable bonds is 7. The number of aliphatic hydroxyl groups is 1. The maximum atomic E-state index is 11.5. The van der Waals surface area contributed by atoms with E-state index in [1.165, 1.54) is 24.0 Å². The van der Waals surface area contributed by atoms with Crippen LogP contribution in [0.3, 0.4) is 0 Å². The molecule has 0 saturated carbocycles. The minimum Gasteiger partial charge on any atom is -0.494 e. The molecule has 110 valence electrons. The summed E-state index contributed by atoms with van der Waals surface area (Å²) in [6.07, 6.45) is 4.67. The second-order valence-corrected chi connectivity index (χ2v) is 5.39. The summed E-state index contributed by atoms with van der Waals surface area (Å²) in [5.74, 6) is 0.860. The van der Waals surface area contributed by atoms with E-state index in [9.17, 15) is 4.79 Å². The van der Waals surface area contributed by atoms with Crippen LogP contribution in [0.5, 0.6) is 5.75 Å². The first kappa shape index (κ1) is 14.9. The van der Waals surface area contributed by atoms with E-state index in [1.54, 1.807) is 6.92 Å². The van der Waals surface area contributed by atoms with Crippen molar-refractivity contribution < 1.29 is 14.6 Å². The largest absolute Gasteiger partial charge is 0.494 e. The third-order valence-electron chi connectivity index (χ3n) is 3.57. The normalized spacial score (nSPS) is 14.7. The SMILES string of the molecule is CC(CO)NC(=O)CCCOc1ccc2c(c1)CCC2. The molecule has 20 heavy (non-hydrogen) atoms. The number of nitrogens with one attached hydrogen (secondary N) is 1. The number of ether oxygens (including phenoxy) is 1. The highest BCUT2D eigenvalue weighted by Gasteiger charge is 2.11. The molecule has 1 unspecified atom stereocenters. The summed E-state index contributed by atoms with van der Waals surface area (Å²) < 4.78 is 5.68. The van der Waals surface area contributed by atoms with Crippen molar-refractivity contribution in [2.24, 2.45) is 0 Å². The molecule has 1 aromatic carbocycles. The van der Waals surface area contributed by atoms with E-state index in [0.29, 0.717) is 19.4 Å². The molecule has 0 radical (unpaired) electrons. The molecule has 1 aromatic rings. The lowest BCUT2D eigenvalue weighted by Crippen LogP contribution is -2.34. The predicted octanol–water partition coefficient (Wildman–Crippen LogP) is 1.83. The predicted molar refractivity (Wildman–Crippen MR) is 77.9 cm³/mol. The summed E-state index contributed by atoms with van der Waals surface area (Å²) in [5, 5.41) is 11.6. The zero-order valence-electron chi connectivity index (χ0n) is 12.0.